The molecule has 0 radical (unpaired) electrons. The van der Waals surface area contributed by atoms with Gasteiger partial charge in [-0.2, -0.15) is 0 Å². The van der Waals surface area contributed by atoms with Gasteiger partial charge in [-0.1, -0.05) is 0 Å². The third kappa shape index (κ3) is 1.32. The minimum absolute atomic E-state index is 0.483. The maximum atomic E-state index is 5.76. The van der Waals surface area contributed by atoms with Gasteiger partial charge in [0, 0.05) is 24.2 Å². The predicted octanol–water partition coefficient (Wildman–Crippen LogP) is 2.47. The van der Waals surface area contributed by atoms with E-state index in [1.54, 1.807) is 24.7 Å². The fourth-order valence-electron chi connectivity index (χ4n) is 1.63. The summed E-state index contributed by atoms with van der Waals surface area (Å²) in [4.78, 5) is 8.06. The first-order valence-electron chi connectivity index (χ1n) is 4.89. The van der Waals surface area contributed by atoms with Gasteiger partial charge in [0.15, 0.2) is 0 Å². The van der Waals surface area contributed by atoms with Crippen molar-refractivity contribution >= 4 is 16.8 Å². The molecule has 4 nitrogen and oxygen atoms in total. The lowest BCUT2D eigenvalue weighted by Crippen LogP contribution is -1.87. The zero-order valence-electron chi connectivity index (χ0n) is 8.42. The van der Waals surface area contributed by atoms with E-state index in [9.17, 15) is 0 Å². The molecule has 4 heteroatoms. The highest BCUT2D eigenvalue weighted by Crippen LogP contribution is 2.29. The van der Waals surface area contributed by atoms with E-state index in [1.165, 1.54) is 0 Å². The van der Waals surface area contributed by atoms with E-state index in [0.717, 1.165) is 22.3 Å². The van der Waals surface area contributed by atoms with Crippen molar-refractivity contribution in [3.05, 3.63) is 42.9 Å². The molecule has 78 valence electrons. The Morgan fingerprint density at radius 1 is 1.19 bits per heavy atom. The maximum absolute atomic E-state index is 5.76. The van der Waals surface area contributed by atoms with Crippen LogP contribution >= 0.6 is 0 Å². The Bertz CT molecular complexity index is 631. The van der Waals surface area contributed by atoms with Crippen LogP contribution in [0.2, 0.25) is 0 Å². The van der Waals surface area contributed by atoms with Crippen LogP contribution in [0.15, 0.2) is 47.3 Å². The van der Waals surface area contributed by atoms with Crippen LogP contribution < -0.4 is 5.73 Å². The lowest BCUT2D eigenvalue weighted by atomic mass is 10.2. The molecule has 3 heterocycles. The number of rotatable bonds is 1. The average Bonchev–Trinajstić information content (AvgIpc) is 2.76. The molecule has 0 amide bonds. The third-order valence-corrected chi connectivity index (χ3v) is 2.42. The Morgan fingerprint density at radius 3 is 2.88 bits per heavy atom. The zero-order chi connectivity index (χ0) is 11.0. The van der Waals surface area contributed by atoms with Gasteiger partial charge < -0.3 is 10.2 Å². The minimum atomic E-state index is 0.483. The predicted molar refractivity (Wildman–Crippen MR) is 61.7 cm³/mol. The Hall–Kier alpha value is -2.36. The van der Waals surface area contributed by atoms with Gasteiger partial charge in [0.2, 0.25) is 0 Å². The van der Waals surface area contributed by atoms with Crippen LogP contribution in [0.4, 0.5) is 5.82 Å². The fourth-order valence-corrected chi connectivity index (χ4v) is 1.63. The van der Waals surface area contributed by atoms with E-state index in [2.05, 4.69) is 9.97 Å². The van der Waals surface area contributed by atoms with Crippen molar-refractivity contribution in [1.29, 1.82) is 0 Å². The van der Waals surface area contributed by atoms with Crippen LogP contribution in [0.1, 0.15) is 0 Å². The summed E-state index contributed by atoms with van der Waals surface area (Å²) in [5.74, 6) is 1.24. The van der Waals surface area contributed by atoms with Gasteiger partial charge in [0.25, 0.3) is 0 Å². The Morgan fingerprint density at radius 2 is 2.12 bits per heavy atom. The Balaban J connectivity index is 2.23. The van der Waals surface area contributed by atoms with E-state index in [0.29, 0.717) is 5.82 Å². The van der Waals surface area contributed by atoms with Crippen LogP contribution in [0.3, 0.4) is 0 Å². The van der Waals surface area contributed by atoms with Gasteiger partial charge in [-0.05, 0) is 24.3 Å². The van der Waals surface area contributed by atoms with Crippen molar-refractivity contribution in [2.75, 3.05) is 5.73 Å². The van der Waals surface area contributed by atoms with E-state index >= 15 is 0 Å². The molecule has 3 rings (SSSR count). The molecule has 0 unspecified atom stereocenters. The summed E-state index contributed by atoms with van der Waals surface area (Å²) in [7, 11) is 0. The summed E-state index contributed by atoms with van der Waals surface area (Å²) >= 11 is 0. The number of nitrogen functional groups attached to an aromatic ring is 1. The molecule has 0 saturated heterocycles. The van der Waals surface area contributed by atoms with Gasteiger partial charge >= 0.3 is 0 Å². The zero-order valence-corrected chi connectivity index (χ0v) is 8.42. The van der Waals surface area contributed by atoms with Crippen LogP contribution in [0.25, 0.3) is 22.3 Å². The van der Waals surface area contributed by atoms with Gasteiger partial charge in [0.05, 0.1) is 5.39 Å². The lowest BCUT2D eigenvalue weighted by molar-refractivity contribution is 0.631. The molecular weight excluding hydrogens is 202 g/mol. The summed E-state index contributed by atoms with van der Waals surface area (Å²) in [5.41, 5.74) is 7.43. The largest absolute Gasteiger partial charge is 0.456 e. The summed E-state index contributed by atoms with van der Waals surface area (Å²) in [6, 6.07) is 7.48. The molecule has 3 aromatic heterocycles. The molecule has 0 aromatic carbocycles. The van der Waals surface area contributed by atoms with Gasteiger partial charge in [-0.25, -0.2) is 4.98 Å². The second kappa shape index (κ2) is 3.34. The standard InChI is InChI=1S/C12H9N3O/c13-12-9-6-11(8-2-1-4-14-7-8)16-10(9)3-5-15-12/h1-7H,(H2,13,15). The quantitative estimate of drug-likeness (QED) is 0.671. The molecule has 0 aliphatic rings. The van der Waals surface area contributed by atoms with Crippen molar-refractivity contribution in [3.63, 3.8) is 0 Å². The fraction of sp³-hybridized carbons (Fsp3) is 0. The van der Waals surface area contributed by atoms with Gasteiger partial charge in [0.1, 0.15) is 17.2 Å². The number of fused-ring (bicyclic) bond motifs is 1. The summed E-state index contributed by atoms with van der Waals surface area (Å²) in [5, 5.41) is 0.835. The van der Waals surface area contributed by atoms with Gasteiger partial charge in [-0.3, -0.25) is 4.98 Å². The maximum Gasteiger partial charge on any atom is 0.140 e. The molecule has 0 aliphatic heterocycles. The normalized spacial score (nSPS) is 10.8. The molecule has 0 atom stereocenters. The number of furan rings is 1. The molecular formula is C12H9N3O. The Labute approximate surface area is 91.7 Å². The lowest BCUT2D eigenvalue weighted by Gasteiger charge is -1.92. The van der Waals surface area contributed by atoms with Crippen molar-refractivity contribution < 1.29 is 4.42 Å². The number of anilines is 1. The van der Waals surface area contributed by atoms with Crippen molar-refractivity contribution in [1.82, 2.24) is 9.97 Å². The van der Waals surface area contributed by atoms with Crippen LogP contribution in [-0.2, 0) is 0 Å². The number of aromatic nitrogens is 2. The summed E-state index contributed by atoms with van der Waals surface area (Å²) < 4.78 is 5.67. The average molecular weight is 211 g/mol. The number of nitrogens with two attached hydrogens (primary N) is 1. The van der Waals surface area contributed by atoms with Crippen molar-refractivity contribution in [3.8, 4) is 11.3 Å². The van der Waals surface area contributed by atoms with E-state index in [4.69, 9.17) is 10.2 Å². The van der Waals surface area contributed by atoms with Gasteiger partial charge in [-0.15, -0.1) is 0 Å². The molecule has 0 fully saturated rings. The number of nitrogens with zero attached hydrogens (tertiary/aromatic N) is 2. The first-order valence-corrected chi connectivity index (χ1v) is 4.89. The highest BCUT2D eigenvalue weighted by molar-refractivity contribution is 5.90. The third-order valence-electron chi connectivity index (χ3n) is 2.42. The highest BCUT2D eigenvalue weighted by Gasteiger charge is 2.08. The first-order chi connectivity index (χ1) is 7.84. The van der Waals surface area contributed by atoms with Crippen molar-refractivity contribution in [2.45, 2.75) is 0 Å². The minimum Gasteiger partial charge on any atom is -0.456 e. The molecule has 0 spiro atoms. The molecule has 3 aromatic rings. The van der Waals surface area contributed by atoms with Crippen LogP contribution in [-0.4, -0.2) is 9.97 Å². The smallest absolute Gasteiger partial charge is 0.140 e. The summed E-state index contributed by atoms with van der Waals surface area (Å²) in [6.07, 6.45) is 5.11. The van der Waals surface area contributed by atoms with Crippen LogP contribution in [0, 0.1) is 0 Å². The SMILES string of the molecule is Nc1nccc2oc(-c3cccnc3)cc12. The summed E-state index contributed by atoms with van der Waals surface area (Å²) in [6.45, 7) is 0. The van der Waals surface area contributed by atoms with E-state index in [-0.39, 0.29) is 0 Å². The number of hydrogen-bond acceptors (Lipinski definition) is 4. The topological polar surface area (TPSA) is 64.9 Å². The second-order valence-electron chi connectivity index (χ2n) is 3.46. The molecule has 0 aliphatic carbocycles. The molecule has 2 N–H and O–H groups in total. The second-order valence-corrected chi connectivity index (χ2v) is 3.46. The number of pyridine rings is 2. The number of hydrogen-bond donors (Lipinski definition) is 1. The molecule has 0 bridgehead atoms. The van der Waals surface area contributed by atoms with Crippen molar-refractivity contribution in [2.24, 2.45) is 0 Å². The van der Waals surface area contributed by atoms with Crippen LogP contribution in [0.5, 0.6) is 0 Å². The Kier molecular flexibility index (Phi) is 1.86. The monoisotopic (exact) mass is 211 g/mol. The molecule has 16 heavy (non-hydrogen) atoms. The highest BCUT2D eigenvalue weighted by atomic mass is 16.3. The van der Waals surface area contributed by atoms with E-state index < -0.39 is 0 Å². The first kappa shape index (κ1) is 8.91. The van der Waals surface area contributed by atoms with E-state index in [1.807, 2.05) is 18.2 Å². The molecule has 0 saturated carbocycles.